The Kier molecular flexibility index (Phi) is 6.72. The standard InChI is InChI=1S/C25H25F2N7O2/c26-8-1-9-29-23-22-24(31-14-30-23)33(15-32-22)12-16-2-4-17(5-3-16)20-7-6-18(10-21(20)27)34-13-19(11-28)36-25(34)35/h2-7,10,14-15,19H,1,8-9,11-13,28H2,(H,29,30,31)/t19-/m0/s1. The molecule has 0 spiro atoms. The molecule has 0 radical (unpaired) electrons. The monoisotopic (exact) mass is 493 g/mol. The first-order chi connectivity index (χ1) is 17.6. The van der Waals surface area contributed by atoms with Crippen LogP contribution in [0.2, 0.25) is 0 Å². The number of carbonyl (C=O) groups excluding carboxylic acids is 1. The number of rotatable bonds is 9. The second-order valence-electron chi connectivity index (χ2n) is 8.45. The second-order valence-corrected chi connectivity index (χ2v) is 8.45. The van der Waals surface area contributed by atoms with Gasteiger partial charge in [-0.25, -0.2) is 24.1 Å². The van der Waals surface area contributed by atoms with E-state index < -0.39 is 24.7 Å². The first kappa shape index (κ1) is 23.6. The number of carbonyl (C=O) groups is 1. The van der Waals surface area contributed by atoms with Crippen LogP contribution in [-0.2, 0) is 11.3 Å². The Bertz CT molecular complexity index is 1380. The SMILES string of the molecule is NC[C@H]1CN(c2ccc(-c3ccc(Cn4cnc5c(NCCCF)ncnc54)cc3)c(F)c2)C(=O)O1. The highest BCUT2D eigenvalue weighted by atomic mass is 19.1. The number of cyclic esters (lactones) is 1. The van der Waals surface area contributed by atoms with Gasteiger partial charge in [-0.1, -0.05) is 24.3 Å². The molecule has 1 amide bonds. The fraction of sp³-hybridized carbons (Fsp3) is 0.280. The lowest BCUT2D eigenvalue weighted by atomic mass is 10.0. The van der Waals surface area contributed by atoms with E-state index in [0.717, 1.165) is 5.56 Å². The molecule has 1 fully saturated rings. The Hall–Kier alpha value is -4.12. The summed E-state index contributed by atoms with van der Waals surface area (Å²) in [5.74, 6) is 0.136. The summed E-state index contributed by atoms with van der Waals surface area (Å²) >= 11 is 0. The molecule has 1 atom stereocenters. The van der Waals surface area contributed by atoms with Gasteiger partial charge in [-0.3, -0.25) is 9.29 Å². The van der Waals surface area contributed by atoms with Crippen molar-refractivity contribution in [1.82, 2.24) is 19.5 Å². The number of alkyl halides is 1. The molecule has 4 aromatic rings. The number of imidazole rings is 1. The maximum absolute atomic E-state index is 15.0. The smallest absolute Gasteiger partial charge is 0.414 e. The summed E-state index contributed by atoms with van der Waals surface area (Å²) in [6, 6.07) is 12.2. The van der Waals surface area contributed by atoms with E-state index in [9.17, 15) is 13.6 Å². The molecule has 1 aliphatic heterocycles. The first-order valence-corrected chi connectivity index (χ1v) is 11.6. The number of fused-ring (bicyclic) bond motifs is 1. The molecule has 0 bridgehead atoms. The summed E-state index contributed by atoms with van der Waals surface area (Å²) in [5.41, 5.74) is 9.41. The molecule has 2 aromatic heterocycles. The van der Waals surface area contributed by atoms with Gasteiger partial charge in [0.05, 0.1) is 31.8 Å². The highest BCUT2D eigenvalue weighted by molar-refractivity contribution is 5.90. The number of ether oxygens (including phenoxy) is 1. The largest absolute Gasteiger partial charge is 0.443 e. The van der Waals surface area contributed by atoms with E-state index in [4.69, 9.17) is 10.5 Å². The number of nitrogens with zero attached hydrogens (tertiary/aromatic N) is 5. The number of nitrogens with two attached hydrogens (primary N) is 1. The zero-order chi connectivity index (χ0) is 25.1. The van der Waals surface area contributed by atoms with E-state index >= 15 is 0 Å². The van der Waals surface area contributed by atoms with Gasteiger partial charge in [-0.2, -0.15) is 0 Å². The Labute approximate surface area is 205 Å². The lowest BCUT2D eigenvalue weighted by Crippen LogP contribution is -2.27. The number of benzene rings is 2. The summed E-state index contributed by atoms with van der Waals surface area (Å²) in [6.45, 7) is 1.09. The Balaban J connectivity index is 1.31. The van der Waals surface area contributed by atoms with Crippen molar-refractivity contribution in [2.75, 3.05) is 36.5 Å². The number of halogens is 2. The third-order valence-corrected chi connectivity index (χ3v) is 6.02. The lowest BCUT2D eigenvalue weighted by Gasteiger charge is -2.14. The van der Waals surface area contributed by atoms with Crippen LogP contribution in [0, 0.1) is 5.82 Å². The van der Waals surface area contributed by atoms with Gasteiger partial charge in [0, 0.05) is 18.7 Å². The van der Waals surface area contributed by atoms with Crippen LogP contribution >= 0.6 is 0 Å². The number of hydrogen-bond acceptors (Lipinski definition) is 7. The van der Waals surface area contributed by atoms with Crippen LogP contribution in [0.25, 0.3) is 22.3 Å². The second kappa shape index (κ2) is 10.2. The third-order valence-electron chi connectivity index (χ3n) is 6.02. The van der Waals surface area contributed by atoms with Gasteiger partial charge in [-0.15, -0.1) is 0 Å². The Morgan fingerprint density at radius 3 is 2.69 bits per heavy atom. The van der Waals surface area contributed by atoms with Gasteiger partial charge >= 0.3 is 6.09 Å². The van der Waals surface area contributed by atoms with Crippen LogP contribution in [0.15, 0.2) is 55.1 Å². The fourth-order valence-electron chi connectivity index (χ4n) is 4.15. The molecular formula is C25H25F2N7O2. The molecule has 3 N–H and O–H groups in total. The minimum Gasteiger partial charge on any atom is -0.443 e. The molecule has 3 heterocycles. The molecule has 9 nitrogen and oxygen atoms in total. The van der Waals surface area contributed by atoms with Gasteiger partial charge in [0.15, 0.2) is 11.5 Å². The van der Waals surface area contributed by atoms with E-state index in [0.29, 0.717) is 59.9 Å². The minimum atomic E-state index is -0.526. The maximum Gasteiger partial charge on any atom is 0.414 e. The van der Waals surface area contributed by atoms with Crippen molar-refractivity contribution >= 4 is 28.8 Å². The first-order valence-electron chi connectivity index (χ1n) is 11.6. The molecular weight excluding hydrogens is 468 g/mol. The average molecular weight is 494 g/mol. The molecule has 0 saturated carbocycles. The van der Waals surface area contributed by atoms with Gasteiger partial charge in [0.25, 0.3) is 0 Å². The molecule has 1 saturated heterocycles. The summed E-state index contributed by atoms with van der Waals surface area (Å²) < 4.78 is 34.4. The van der Waals surface area contributed by atoms with E-state index in [1.54, 1.807) is 18.5 Å². The summed E-state index contributed by atoms with van der Waals surface area (Å²) in [5, 5.41) is 3.09. The summed E-state index contributed by atoms with van der Waals surface area (Å²) in [4.78, 5) is 26.4. The number of amides is 1. The number of aromatic nitrogens is 4. The van der Waals surface area contributed by atoms with E-state index in [1.165, 1.54) is 17.3 Å². The van der Waals surface area contributed by atoms with Gasteiger partial charge < -0.3 is 20.4 Å². The molecule has 5 rings (SSSR count). The van der Waals surface area contributed by atoms with Crippen molar-refractivity contribution in [3.63, 3.8) is 0 Å². The lowest BCUT2D eigenvalue weighted by molar-refractivity contribution is 0.145. The Morgan fingerprint density at radius 1 is 1.14 bits per heavy atom. The van der Waals surface area contributed by atoms with Crippen LogP contribution in [0.3, 0.4) is 0 Å². The normalized spacial score (nSPS) is 15.5. The van der Waals surface area contributed by atoms with Crippen molar-refractivity contribution in [3.05, 3.63) is 66.5 Å². The van der Waals surface area contributed by atoms with Gasteiger partial charge in [-0.05, 0) is 35.7 Å². The number of anilines is 2. The molecule has 1 aliphatic rings. The molecule has 2 aromatic carbocycles. The van der Waals surface area contributed by atoms with Crippen LogP contribution in [0.5, 0.6) is 0 Å². The van der Waals surface area contributed by atoms with Gasteiger partial charge in [0.2, 0.25) is 0 Å². The van der Waals surface area contributed by atoms with E-state index in [1.807, 2.05) is 28.8 Å². The highest BCUT2D eigenvalue weighted by Gasteiger charge is 2.31. The highest BCUT2D eigenvalue weighted by Crippen LogP contribution is 2.29. The Morgan fingerprint density at radius 2 is 1.97 bits per heavy atom. The number of nitrogens with one attached hydrogen (secondary N) is 1. The molecule has 11 heteroatoms. The predicted octanol–water partition coefficient (Wildman–Crippen LogP) is 3.74. The van der Waals surface area contributed by atoms with E-state index in [-0.39, 0.29) is 6.54 Å². The van der Waals surface area contributed by atoms with Crippen molar-refractivity contribution in [3.8, 4) is 11.1 Å². The van der Waals surface area contributed by atoms with Crippen molar-refractivity contribution < 1.29 is 18.3 Å². The van der Waals surface area contributed by atoms with Crippen molar-refractivity contribution in [2.45, 2.75) is 19.1 Å². The van der Waals surface area contributed by atoms with Crippen LogP contribution in [0.4, 0.5) is 25.1 Å². The minimum absolute atomic E-state index is 0.218. The summed E-state index contributed by atoms with van der Waals surface area (Å²) in [6.07, 6.45) is 2.61. The molecule has 0 unspecified atom stereocenters. The molecule has 0 aliphatic carbocycles. The fourth-order valence-corrected chi connectivity index (χ4v) is 4.15. The maximum atomic E-state index is 15.0. The van der Waals surface area contributed by atoms with Crippen molar-refractivity contribution in [2.24, 2.45) is 5.73 Å². The third kappa shape index (κ3) is 4.69. The topological polar surface area (TPSA) is 111 Å². The average Bonchev–Trinajstić information content (AvgIpc) is 3.48. The molecule has 36 heavy (non-hydrogen) atoms. The zero-order valence-electron chi connectivity index (χ0n) is 19.4. The number of hydrogen-bond donors (Lipinski definition) is 2. The van der Waals surface area contributed by atoms with Crippen LogP contribution in [0.1, 0.15) is 12.0 Å². The predicted molar refractivity (Wildman–Crippen MR) is 132 cm³/mol. The van der Waals surface area contributed by atoms with Crippen LogP contribution < -0.4 is 16.0 Å². The van der Waals surface area contributed by atoms with E-state index in [2.05, 4.69) is 20.3 Å². The van der Waals surface area contributed by atoms with Crippen molar-refractivity contribution in [1.29, 1.82) is 0 Å². The van der Waals surface area contributed by atoms with Gasteiger partial charge in [0.1, 0.15) is 23.8 Å². The summed E-state index contributed by atoms with van der Waals surface area (Å²) in [7, 11) is 0. The van der Waals surface area contributed by atoms with Crippen LogP contribution in [-0.4, -0.2) is 58.0 Å². The quantitative estimate of drug-likeness (QED) is 0.342. The zero-order valence-corrected chi connectivity index (χ0v) is 19.4. The molecule has 186 valence electrons.